The Bertz CT molecular complexity index is 1340. The number of para-hydroxylation sites is 2. The number of sulfonamides is 1. The Morgan fingerprint density at radius 3 is 2.03 bits per heavy atom. The van der Waals surface area contributed by atoms with Crippen LogP contribution in [0.2, 0.25) is 0 Å². The molecule has 0 saturated carbocycles. The van der Waals surface area contributed by atoms with Crippen molar-refractivity contribution in [2.24, 2.45) is 0 Å². The van der Waals surface area contributed by atoms with Gasteiger partial charge in [0.1, 0.15) is 5.75 Å². The van der Waals surface area contributed by atoms with Crippen LogP contribution in [-0.4, -0.2) is 20.9 Å². The van der Waals surface area contributed by atoms with Crippen molar-refractivity contribution in [3.05, 3.63) is 120 Å². The molecule has 0 heterocycles. The van der Waals surface area contributed by atoms with Gasteiger partial charge in [-0.3, -0.25) is 9.52 Å². The van der Waals surface area contributed by atoms with E-state index in [0.29, 0.717) is 29.3 Å². The molecule has 0 aromatic heterocycles. The van der Waals surface area contributed by atoms with Crippen LogP contribution in [0.5, 0.6) is 5.75 Å². The fourth-order valence-electron chi connectivity index (χ4n) is 3.34. The number of carbonyl (C=O) groups is 1. The molecule has 0 aliphatic heterocycles. The number of ether oxygens (including phenoxy) is 1. The predicted molar refractivity (Wildman–Crippen MR) is 134 cm³/mol. The van der Waals surface area contributed by atoms with Crippen LogP contribution >= 0.6 is 0 Å². The van der Waals surface area contributed by atoms with Crippen molar-refractivity contribution in [3.63, 3.8) is 0 Å². The maximum absolute atomic E-state index is 12.9. The van der Waals surface area contributed by atoms with E-state index in [-0.39, 0.29) is 10.8 Å². The first-order chi connectivity index (χ1) is 16.5. The number of hydrogen-bond acceptors (Lipinski definition) is 4. The van der Waals surface area contributed by atoms with Crippen molar-refractivity contribution in [2.45, 2.75) is 11.3 Å². The second-order valence-electron chi connectivity index (χ2n) is 7.53. The smallest absolute Gasteiger partial charge is 0.261 e. The van der Waals surface area contributed by atoms with Crippen molar-refractivity contribution in [1.82, 2.24) is 0 Å². The lowest BCUT2D eigenvalue weighted by Crippen LogP contribution is -2.15. The molecule has 6 nitrogen and oxygen atoms in total. The van der Waals surface area contributed by atoms with Crippen molar-refractivity contribution < 1.29 is 17.9 Å². The number of hydrogen-bond donors (Lipinski definition) is 2. The molecule has 1 amide bonds. The largest absolute Gasteiger partial charge is 0.492 e. The highest BCUT2D eigenvalue weighted by Gasteiger charge is 2.16. The van der Waals surface area contributed by atoms with E-state index >= 15 is 0 Å². The Labute approximate surface area is 199 Å². The third-order valence-electron chi connectivity index (χ3n) is 5.07. The van der Waals surface area contributed by atoms with Gasteiger partial charge < -0.3 is 10.1 Å². The second-order valence-corrected chi connectivity index (χ2v) is 9.21. The van der Waals surface area contributed by atoms with Gasteiger partial charge in [0, 0.05) is 17.8 Å². The van der Waals surface area contributed by atoms with Gasteiger partial charge in [-0.1, -0.05) is 60.7 Å². The molecule has 0 aliphatic carbocycles. The normalized spacial score (nSPS) is 10.9. The Balaban J connectivity index is 1.40. The summed E-state index contributed by atoms with van der Waals surface area (Å²) in [6, 6.07) is 31.7. The van der Waals surface area contributed by atoms with Crippen LogP contribution in [0.25, 0.3) is 0 Å². The Morgan fingerprint density at radius 2 is 1.32 bits per heavy atom. The Morgan fingerprint density at radius 1 is 0.706 bits per heavy atom. The van der Waals surface area contributed by atoms with E-state index in [1.807, 2.05) is 42.5 Å². The van der Waals surface area contributed by atoms with Gasteiger partial charge in [-0.15, -0.1) is 0 Å². The molecule has 34 heavy (non-hydrogen) atoms. The van der Waals surface area contributed by atoms with Gasteiger partial charge in [-0.05, 0) is 54.1 Å². The second kappa shape index (κ2) is 10.7. The lowest BCUT2D eigenvalue weighted by molar-refractivity contribution is 0.102. The van der Waals surface area contributed by atoms with Gasteiger partial charge in [0.2, 0.25) is 0 Å². The molecule has 4 rings (SSSR count). The summed E-state index contributed by atoms with van der Waals surface area (Å²) in [4.78, 5) is 13.0. The third kappa shape index (κ3) is 6.02. The number of rotatable bonds is 9. The highest BCUT2D eigenvalue weighted by Crippen LogP contribution is 2.22. The van der Waals surface area contributed by atoms with Crippen molar-refractivity contribution in [3.8, 4) is 5.75 Å². The molecular formula is C27H24N2O4S. The van der Waals surface area contributed by atoms with Crippen LogP contribution in [-0.2, 0) is 16.4 Å². The lowest BCUT2D eigenvalue weighted by atomic mass is 10.1. The monoisotopic (exact) mass is 472 g/mol. The number of benzene rings is 4. The molecule has 0 aliphatic rings. The van der Waals surface area contributed by atoms with Crippen LogP contribution < -0.4 is 14.8 Å². The summed E-state index contributed by atoms with van der Waals surface area (Å²) in [6.07, 6.45) is 0.726. The topological polar surface area (TPSA) is 84.5 Å². The number of amides is 1. The molecule has 7 heteroatoms. The van der Waals surface area contributed by atoms with E-state index in [4.69, 9.17) is 4.74 Å². The SMILES string of the molecule is O=C(Nc1ccc(S(=O)(=O)Nc2ccccc2)cc1)c1ccccc1OCCc1ccccc1. The fraction of sp³-hybridized carbons (Fsp3) is 0.0741. The fourth-order valence-corrected chi connectivity index (χ4v) is 4.40. The standard InChI is InChI=1S/C27H24N2O4S/c30-27(25-13-7-8-14-26(25)33-20-19-21-9-3-1-4-10-21)28-22-15-17-24(18-16-22)34(31,32)29-23-11-5-2-6-12-23/h1-18,29H,19-20H2,(H,28,30). The van der Waals surface area contributed by atoms with E-state index in [2.05, 4.69) is 10.0 Å². The highest BCUT2D eigenvalue weighted by molar-refractivity contribution is 7.92. The number of anilines is 2. The van der Waals surface area contributed by atoms with Crippen LogP contribution in [0.4, 0.5) is 11.4 Å². The molecule has 0 unspecified atom stereocenters. The highest BCUT2D eigenvalue weighted by atomic mass is 32.2. The molecule has 0 fully saturated rings. The maximum atomic E-state index is 12.9. The molecule has 172 valence electrons. The zero-order valence-corrected chi connectivity index (χ0v) is 19.2. The first-order valence-electron chi connectivity index (χ1n) is 10.8. The van der Waals surface area contributed by atoms with Gasteiger partial charge >= 0.3 is 0 Å². The van der Waals surface area contributed by atoms with Crippen LogP contribution in [0.1, 0.15) is 15.9 Å². The number of nitrogens with one attached hydrogen (secondary N) is 2. The molecule has 0 atom stereocenters. The summed E-state index contributed by atoms with van der Waals surface area (Å²) < 4.78 is 33.6. The maximum Gasteiger partial charge on any atom is 0.261 e. The zero-order chi connectivity index (χ0) is 23.8. The summed E-state index contributed by atoms with van der Waals surface area (Å²) >= 11 is 0. The van der Waals surface area contributed by atoms with Gasteiger partial charge in [0.15, 0.2) is 0 Å². The predicted octanol–water partition coefficient (Wildman–Crippen LogP) is 5.36. The quantitative estimate of drug-likeness (QED) is 0.343. The average molecular weight is 473 g/mol. The summed E-state index contributed by atoms with van der Waals surface area (Å²) in [5, 5.41) is 2.80. The molecule has 0 radical (unpaired) electrons. The van der Waals surface area contributed by atoms with Crippen molar-refractivity contribution >= 4 is 27.3 Å². The first kappa shape index (κ1) is 23.1. The molecule has 2 N–H and O–H groups in total. The third-order valence-corrected chi connectivity index (χ3v) is 6.47. The average Bonchev–Trinajstić information content (AvgIpc) is 2.86. The minimum atomic E-state index is -3.73. The summed E-state index contributed by atoms with van der Waals surface area (Å²) in [5.41, 5.74) is 2.51. The first-order valence-corrected chi connectivity index (χ1v) is 12.2. The molecule has 0 bridgehead atoms. The Hall–Kier alpha value is -4.10. The minimum Gasteiger partial charge on any atom is -0.492 e. The van der Waals surface area contributed by atoms with Crippen LogP contribution in [0.15, 0.2) is 114 Å². The van der Waals surface area contributed by atoms with Crippen molar-refractivity contribution in [2.75, 3.05) is 16.6 Å². The van der Waals surface area contributed by atoms with Crippen molar-refractivity contribution in [1.29, 1.82) is 0 Å². The van der Waals surface area contributed by atoms with E-state index in [1.165, 1.54) is 12.1 Å². The lowest BCUT2D eigenvalue weighted by Gasteiger charge is -2.12. The zero-order valence-electron chi connectivity index (χ0n) is 18.3. The Kier molecular flexibility index (Phi) is 7.25. The van der Waals surface area contributed by atoms with E-state index in [1.54, 1.807) is 54.6 Å². The van der Waals surface area contributed by atoms with Crippen LogP contribution in [0.3, 0.4) is 0 Å². The van der Waals surface area contributed by atoms with Gasteiger partial charge in [0.05, 0.1) is 17.1 Å². The minimum absolute atomic E-state index is 0.0963. The summed E-state index contributed by atoms with van der Waals surface area (Å²) in [6.45, 7) is 0.440. The van der Waals surface area contributed by atoms with Crippen LogP contribution in [0, 0.1) is 0 Å². The molecular weight excluding hydrogens is 448 g/mol. The van der Waals surface area contributed by atoms with Gasteiger partial charge in [0.25, 0.3) is 15.9 Å². The molecule has 4 aromatic carbocycles. The molecule has 0 spiro atoms. The summed E-state index contributed by atoms with van der Waals surface area (Å²) in [7, 11) is -3.73. The summed E-state index contributed by atoms with van der Waals surface area (Å²) in [5.74, 6) is 0.149. The number of carbonyl (C=O) groups excluding carboxylic acids is 1. The van der Waals surface area contributed by atoms with Gasteiger partial charge in [-0.25, -0.2) is 8.42 Å². The van der Waals surface area contributed by atoms with E-state index in [0.717, 1.165) is 12.0 Å². The van der Waals surface area contributed by atoms with Gasteiger partial charge in [-0.2, -0.15) is 0 Å². The van der Waals surface area contributed by atoms with E-state index in [9.17, 15) is 13.2 Å². The van der Waals surface area contributed by atoms with E-state index < -0.39 is 10.0 Å². The molecule has 0 saturated heterocycles. The molecule has 4 aromatic rings.